The van der Waals surface area contributed by atoms with Crippen molar-refractivity contribution in [1.82, 2.24) is 9.80 Å². The van der Waals surface area contributed by atoms with E-state index in [2.05, 4.69) is 11.0 Å². The molecule has 0 saturated carbocycles. The molecular weight excluding hydrogens is 348 g/mol. The second kappa shape index (κ2) is 8.73. The summed E-state index contributed by atoms with van der Waals surface area (Å²) >= 11 is 6.32. The van der Waals surface area contributed by atoms with E-state index in [-0.39, 0.29) is 18.4 Å². The first-order chi connectivity index (χ1) is 12.5. The van der Waals surface area contributed by atoms with Gasteiger partial charge in [-0.1, -0.05) is 43.6 Å². The van der Waals surface area contributed by atoms with Crippen molar-refractivity contribution in [3.63, 3.8) is 0 Å². The number of aliphatic hydroxyl groups excluding tert-OH is 1. The highest BCUT2D eigenvalue weighted by atomic mass is 35.5. The molecule has 2 saturated heterocycles. The van der Waals surface area contributed by atoms with Gasteiger partial charge in [-0.05, 0) is 42.2 Å². The molecule has 0 unspecified atom stereocenters. The molecule has 1 aromatic rings. The predicted octanol–water partition coefficient (Wildman–Crippen LogP) is 3.27. The van der Waals surface area contributed by atoms with Crippen LogP contribution in [-0.4, -0.2) is 53.6 Å². The van der Waals surface area contributed by atoms with Crippen LogP contribution in [0.3, 0.4) is 0 Å². The number of hydrogen-bond acceptors (Lipinski definition) is 3. The highest BCUT2D eigenvalue weighted by Crippen LogP contribution is 2.36. The van der Waals surface area contributed by atoms with Crippen LogP contribution in [0.5, 0.6) is 0 Å². The lowest BCUT2D eigenvalue weighted by Gasteiger charge is -2.37. The zero-order chi connectivity index (χ0) is 18.7. The van der Waals surface area contributed by atoms with Gasteiger partial charge in [-0.25, -0.2) is 0 Å². The lowest BCUT2D eigenvalue weighted by atomic mass is 9.78. The summed E-state index contributed by atoms with van der Waals surface area (Å²) in [7, 11) is 0. The molecule has 3 rings (SSSR count). The number of halogens is 1. The fourth-order valence-electron chi connectivity index (χ4n) is 4.63. The first kappa shape index (κ1) is 19.7. The highest BCUT2D eigenvalue weighted by Gasteiger charge is 2.39. The molecule has 0 radical (unpaired) electrons. The zero-order valence-corrected chi connectivity index (χ0v) is 16.7. The van der Waals surface area contributed by atoms with Crippen LogP contribution in [0.25, 0.3) is 0 Å². The van der Waals surface area contributed by atoms with E-state index in [0.29, 0.717) is 17.8 Å². The number of benzene rings is 1. The number of carbonyl (C=O) groups is 1. The maximum atomic E-state index is 12.2. The lowest BCUT2D eigenvalue weighted by Crippen LogP contribution is -2.43. The minimum Gasteiger partial charge on any atom is -0.396 e. The molecule has 26 heavy (non-hydrogen) atoms. The summed E-state index contributed by atoms with van der Waals surface area (Å²) in [6.45, 7) is 8.70. The van der Waals surface area contributed by atoms with E-state index in [9.17, 15) is 9.90 Å². The summed E-state index contributed by atoms with van der Waals surface area (Å²) in [6.07, 6.45) is 2.11. The molecule has 2 aliphatic rings. The average Bonchev–Trinajstić information content (AvgIpc) is 3.06. The molecule has 4 nitrogen and oxygen atoms in total. The predicted molar refractivity (Wildman–Crippen MR) is 105 cm³/mol. The van der Waals surface area contributed by atoms with Gasteiger partial charge in [0.25, 0.3) is 0 Å². The van der Waals surface area contributed by atoms with E-state index >= 15 is 0 Å². The van der Waals surface area contributed by atoms with Gasteiger partial charge in [0.1, 0.15) is 0 Å². The fraction of sp³-hybridized carbons (Fsp3) is 0.667. The first-order valence-corrected chi connectivity index (χ1v) is 10.2. The minimum atomic E-state index is 0.0781. The van der Waals surface area contributed by atoms with Crippen LogP contribution in [0, 0.1) is 23.7 Å². The molecule has 2 heterocycles. The standard InChI is InChI=1S/C21H31ClN2O2/c1-15(2)21(26)24-9-7-16(8-10-24)19-13-23(12-18(19)14-25)11-17-5-3-4-6-20(17)22/h3-6,15-16,18-19,25H,7-14H2,1-2H3/t18-,19-/m0/s1. The van der Waals surface area contributed by atoms with E-state index in [0.717, 1.165) is 56.2 Å². The summed E-state index contributed by atoms with van der Waals surface area (Å²) in [5.41, 5.74) is 1.16. The second-order valence-corrected chi connectivity index (χ2v) is 8.62. The van der Waals surface area contributed by atoms with Crippen molar-refractivity contribution in [1.29, 1.82) is 0 Å². The van der Waals surface area contributed by atoms with Crippen LogP contribution in [0.4, 0.5) is 0 Å². The third kappa shape index (κ3) is 4.41. The molecular formula is C21H31ClN2O2. The number of amides is 1. The molecule has 0 bridgehead atoms. The smallest absolute Gasteiger partial charge is 0.225 e. The van der Waals surface area contributed by atoms with Gasteiger partial charge in [0.15, 0.2) is 0 Å². The second-order valence-electron chi connectivity index (χ2n) is 8.21. The molecule has 1 N–H and O–H groups in total. The van der Waals surface area contributed by atoms with Gasteiger partial charge in [0.2, 0.25) is 5.91 Å². The number of rotatable bonds is 5. The summed E-state index contributed by atoms with van der Waals surface area (Å²) in [5.74, 6) is 1.79. The molecule has 2 aliphatic heterocycles. The summed E-state index contributed by atoms with van der Waals surface area (Å²) in [4.78, 5) is 16.6. The lowest BCUT2D eigenvalue weighted by molar-refractivity contribution is -0.136. The van der Waals surface area contributed by atoms with Crippen LogP contribution in [-0.2, 0) is 11.3 Å². The molecule has 5 heteroatoms. The Morgan fingerprint density at radius 3 is 2.54 bits per heavy atom. The number of nitrogens with zero attached hydrogens (tertiary/aromatic N) is 2. The SMILES string of the molecule is CC(C)C(=O)N1CCC([C@@H]2CN(Cc3ccccc3Cl)C[C@H]2CO)CC1. The van der Waals surface area contributed by atoms with Gasteiger partial charge < -0.3 is 10.0 Å². The molecule has 0 aromatic heterocycles. The minimum absolute atomic E-state index is 0.0781. The van der Waals surface area contributed by atoms with Crippen molar-refractivity contribution in [3.8, 4) is 0 Å². The van der Waals surface area contributed by atoms with Gasteiger partial charge in [-0.15, -0.1) is 0 Å². The van der Waals surface area contributed by atoms with Gasteiger partial charge >= 0.3 is 0 Å². The topological polar surface area (TPSA) is 43.8 Å². The maximum Gasteiger partial charge on any atom is 0.225 e. The van der Waals surface area contributed by atoms with Crippen molar-refractivity contribution in [2.24, 2.45) is 23.7 Å². The van der Waals surface area contributed by atoms with Gasteiger partial charge in [0, 0.05) is 50.3 Å². The Hall–Kier alpha value is -1.10. The van der Waals surface area contributed by atoms with Gasteiger partial charge in [-0.3, -0.25) is 9.69 Å². The molecule has 1 amide bonds. The Labute approximate surface area is 162 Å². The van der Waals surface area contributed by atoms with E-state index in [4.69, 9.17) is 11.6 Å². The van der Waals surface area contributed by atoms with Crippen molar-refractivity contribution >= 4 is 17.5 Å². The van der Waals surface area contributed by atoms with Crippen molar-refractivity contribution in [2.75, 3.05) is 32.8 Å². The summed E-state index contributed by atoms with van der Waals surface area (Å²) in [5, 5.41) is 10.7. The van der Waals surface area contributed by atoms with Gasteiger partial charge in [-0.2, -0.15) is 0 Å². The largest absolute Gasteiger partial charge is 0.396 e. The molecule has 1 aromatic carbocycles. The van der Waals surface area contributed by atoms with E-state index in [1.165, 1.54) is 0 Å². The molecule has 2 fully saturated rings. The maximum absolute atomic E-state index is 12.2. The van der Waals surface area contributed by atoms with Crippen molar-refractivity contribution in [3.05, 3.63) is 34.9 Å². The number of likely N-dealkylation sites (tertiary alicyclic amines) is 2. The Kier molecular flexibility index (Phi) is 6.60. The number of carbonyl (C=O) groups excluding carboxylic acids is 1. The third-order valence-corrected chi connectivity index (χ3v) is 6.47. The monoisotopic (exact) mass is 378 g/mol. The number of hydrogen-bond donors (Lipinski definition) is 1. The molecule has 0 spiro atoms. The van der Waals surface area contributed by atoms with Crippen molar-refractivity contribution < 1.29 is 9.90 Å². The van der Waals surface area contributed by atoms with E-state index in [1.807, 2.05) is 36.9 Å². The average molecular weight is 379 g/mol. The van der Waals surface area contributed by atoms with Crippen molar-refractivity contribution in [2.45, 2.75) is 33.2 Å². The molecule has 2 atom stereocenters. The van der Waals surface area contributed by atoms with Gasteiger partial charge in [0.05, 0.1) is 0 Å². The fourth-order valence-corrected chi connectivity index (χ4v) is 4.82. The van der Waals surface area contributed by atoms with Crippen LogP contribution in [0.15, 0.2) is 24.3 Å². The Morgan fingerprint density at radius 1 is 1.23 bits per heavy atom. The summed E-state index contributed by atoms with van der Waals surface area (Å²) in [6, 6.07) is 8.01. The first-order valence-electron chi connectivity index (χ1n) is 9.85. The number of piperidine rings is 1. The summed E-state index contributed by atoms with van der Waals surface area (Å²) < 4.78 is 0. The Morgan fingerprint density at radius 2 is 1.92 bits per heavy atom. The molecule has 0 aliphatic carbocycles. The Balaban J connectivity index is 1.58. The molecule has 144 valence electrons. The van der Waals surface area contributed by atoms with Crippen LogP contribution in [0.1, 0.15) is 32.3 Å². The number of aliphatic hydroxyl groups is 1. The zero-order valence-electron chi connectivity index (χ0n) is 15.9. The van der Waals surface area contributed by atoms with E-state index < -0.39 is 0 Å². The normalized spacial score (nSPS) is 25.2. The van der Waals surface area contributed by atoms with E-state index in [1.54, 1.807) is 0 Å². The Bertz CT molecular complexity index is 614. The van der Waals surface area contributed by atoms with Crippen LogP contribution >= 0.6 is 11.6 Å². The van der Waals surface area contributed by atoms with Crippen LogP contribution in [0.2, 0.25) is 5.02 Å². The third-order valence-electron chi connectivity index (χ3n) is 6.10. The highest BCUT2D eigenvalue weighted by molar-refractivity contribution is 6.31. The quantitative estimate of drug-likeness (QED) is 0.855. The van der Waals surface area contributed by atoms with Crippen LogP contribution < -0.4 is 0 Å².